The molecule has 2 rings (SSSR count). The maximum Gasteiger partial charge on any atom is 0.0644 e. The Morgan fingerprint density at radius 1 is 0.875 bits per heavy atom. The summed E-state index contributed by atoms with van der Waals surface area (Å²) in [6, 6.07) is 14.9. The maximum absolute atomic E-state index is 5.86. The smallest absolute Gasteiger partial charge is 0.0644 e. The summed E-state index contributed by atoms with van der Waals surface area (Å²) in [5, 5.41) is 1.41. The number of aliphatic imine (C=N–C) groups is 1. The molecule has 0 amide bonds. The van der Waals surface area contributed by atoms with Crippen molar-refractivity contribution in [1.82, 2.24) is 0 Å². The molecule has 0 heterocycles. The second kappa shape index (κ2) is 5.15. The quantitative estimate of drug-likeness (QED) is 0.682. The van der Waals surface area contributed by atoms with Gasteiger partial charge in [-0.3, -0.25) is 4.99 Å². The Kier molecular flexibility index (Phi) is 3.60. The van der Waals surface area contributed by atoms with Gasteiger partial charge in [0.25, 0.3) is 0 Å². The highest BCUT2D eigenvalue weighted by Gasteiger charge is 1.91. The Morgan fingerprint density at radius 2 is 1.62 bits per heavy atom. The van der Waals surface area contributed by atoms with Crippen LogP contribution >= 0.6 is 23.2 Å². The highest BCUT2D eigenvalue weighted by molar-refractivity contribution is 6.31. The van der Waals surface area contributed by atoms with E-state index in [1.807, 2.05) is 48.5 Å². The summed E-state index contributed by atoms with van der Waals surface area (Å²) >= 11 is 11.6. The van der Waals surface area contributed by atoms with Crippen molar-refractivity contribution in [3.8, 4) is 0 Å². The summed E-state index contributed by atoms with van der Waals surface area (Å²) in [6.45, 7) is 0. The number of hydrogen-bond donors (Lipinski definition) is 0. The summed E-state index contributed by atoms with van der Waals surface area (Å²) in [5.41, 5.74) is 1.84. The molecule has 0 unspecified atom stereocenters. The number of halogens is 2. The van der Waals surface area contributed by atoms with Gasteiger partial charge in [0.15, 0.2) is 0 Å². The van der Waals surface area contributed by atoms with Gasteiger partial charge >= 0.3 is 0 Å². The van der Waals surface area contributed by atoms with Gasteiger partial charge in [-0.15, -0.1) is 0 Å². The van der Waals surface area contributed by atoms with Crippen molar-refractivity contribution >= 4 is 35.1 Å². The zero-order valence-electron chi connectivity index (χ0n) is 8.40. The first-order valence-corrected chi connectivity index (χ1v) is 5.55. The first-order chi connectivity index (χ1) is 7.74. The van der Waals surface area contributed by atoms with Crippen LogP contribution in [-0.2, 0) is 0 Å². The lowest BCUT2D eigenvalue weighted by atomic mass is 10.2. The SMILES string of the molecule is Clc1ccc(/C=N/c2cccc(Cl)c2)cc1. The van der Waals surface area contributed by atoms with Crippen LogP contribution in [0.2, 0.25) is 10.0 Å². The number of benzene rings is 2. The average molecular weight is 250 g/mol. The molecule has 0 aliphatic rings. The van der Waals surface area contributed by atoms with E-state index in [1.54, 1.807) is 6.21 Å². The molecule has 0 spiro atoms. The van der Waals surface area contributed by atoms with E-state index in [2.05, 4.69) is 4.99 Å². The van der Waals surface area contributed by atoms with Crippen molar-refractivity contribution in [3.63, 3.8) is 0 Å². The maximum atomic E-state index is 5.86. The minimum absolute atomic E-state index is 0.686. The second-order valence-electron chi connectivity index (χ2n) is 3.29. The van der Waals surface area contributed by atoms with Gasteiger partial charge in [0, 0.05) is 16.3 Å². The van der Waals surface area contributed by atoms with Crippen molar-refractivity contribution in [1.29, 1.82) is 0 Å². The molecule has 0 aliphatic carbocycles. The molecule has 16 heavy (non-hydrogen) atoms. The average Bonchev–Trinajstić information content (AvgIpc) is 2.28. The number of hydrogen-bond acceptors (Lipinski definition) is 1. The monoisotopic (exact) mass is 249 g/mol. The van der Waals surface area contributed by atoms with E-state index in [4.69, 9.17) is 23.2 Å². The highest BCUT2D eigenvalue weighted by atomic mass is 35.5. The minimum Gasteiger partial charge on any atom is -0.256 e. The van der Waals surface area contributed by atoms with E-state index in [0.717, 1.165) is 16.3 Å². The molecule has 2 aromatic carbocycles. The fraction of sp³-hybridized carbons (Fsp3) is 0. The van der Waals surface area contributed by atoms with Gasteiger partial charge in [0.2, 0.25) is 0 Å². The molecule has 2 aromatic rings. The number of rotatable bonds is 2. The Hall–Kier alpha value is -1.31. The minimum atomic E-state index is 0.686. The molecule has 0 atom stereocenters. The number of nitrogens with zero attached hydrogens (tertiary/aromatic N) is 1. The molecule has 0 saturated carbocycles. The van der Waals surface area contributed by atoms with Crippen LogP contribution in [0.5, 0.6) is 0 Å². The van der Waals surface area contributed by atoms with Crippen LogP contribution in [0, 0.1) is 0 Å². The van der Waals surface area contributed by atoms with Crippen LogP contribution < -0.4 is 0 Å². The van der Waals surface area contributed by atoms with Crippen molar-refractivity contribution in [2.75, 3.05) is 0 Å². The summed E-state index contributed by atoms with van der Waals surface area (Å²) in [4.78, 5) is 4.31. The van der Waals surface area contributed by atoms with Gasteiger partial charge in [-0.25, -0.2) is 0 Å². The third-order valence-corrected chi connectivity index (χ3v) is 2.53. The molecule has 80 valence electrons. The largest absolute Gasteiger partial charge is 0.256 e. The summed E-state index contributed by atoms with van der Waals surface area (Å²) < 4.78 is 0. The molecular formula is C13H9Cl2N. The van der Waals surface area contributed by atoms with Crippen molar-refractivity contribution < 1.29 is 0 Å². The van der Waals surface area contributed by atoms with E-state index in [1.165, 1.54) is 0 Å². The van der Waals surface area contributed by atoms with Crippen molar-refractivity contribution in [3.05, 3.63) is 64.1 Å². The lowest BCUT2D eigenvalue weighted by Crippen LogP contribution is -1.78. The van der Waals surface area contributed by atoms with Gasteiger partial charge in [-0.2, -0.15) is 0 Å². The molecule has 0 radical (unpaired) electrons. The predicted molar refractivity (Wildman–Crippen MR) is 70.2 cm³/mol. The van der Waals surface area contributed by atoms with E-state index in [9.17, 15) is 0 Å². The zero-order valence-corrected chi connectivity index (χ0v) is 9.91. The zero-order chi connectivity index (χ0) is 11.4. The van der Waals surface area contributed by atoms with E-state index in [-0.39, 0.29) is 0 Å². The Bertz CT molecular complexity index is 504. The molecule has 3 heteroatoms. The lowest BCUT2D eigenvalue weighted by Gasteiger charge is -1.95. The van der Waals surface area contributed by atoms with E-state index >= 15 is 0 Å². The Labute approximate surface area is 104 Å². The van der Waals surface area contributed by atoms with Gasteiger partial charge < -0.3 is 0 Å². The van der Waals surface area contributed by atoms with Crippen LogP contribution in [0.15, 0.2) is 53.5 Å². The van der Waals surface area contributed by atoms with Crippen molar-refractivity contribution in [2.24, 2.45) is 4.99 Å². The van der Waals surface area contributed by atoms with E-state index < -0.39 is 0 Å². The van der Waals surface area contributed by atoms with E-state index in [0.29, 0.717) is 5.02 Å². The molecule has 0 bridgehead atoms. The van der Waals surface area contributed by atoms with Crippen molar-refractivity contribution in [2.45, 2.75) is 0 Å². The fourth-order valence-electron chi connectivity index (χ4n) is 1.25. The van der Waals surface area contributed by atoms with Crippen LogP contribution in [-0.4, -0.2) is 6.21 Å². The fourth-order valence-corrected chi connectivity index (χ4v) is 1.56. The lowest BCUT2D eigenvalue weighted by molar-refractivity contribution is 1.52. The van der Waals surface area contributed by atoms with Crippen LogP contribution in [0.25, 0.3) is 0 Å². The molecule has 0 N–H and O–H groups in total. The Balaban J connectivity index is 2.18. The standard InChI is InChI=1S/C13H9Cl2N/c14-11-6-4-10(5-7-11)9-16-13-3-1-2-12(15)8-13/h1-9H/b16-9+. The molecule has 0 aromatic heterocycles. The first kappa shape index (κ1) is 11.2. The first-order valence-electron chi connectivity index (χ1n) is 4.79. The highest BCUT2D eigenvalue weighted by Crippen LogP contribution is 2.17. The van der Waals surface area contributed by atoms with Crippen LogP contribution in [0.4, 0.5) is 5.69 Å². The predicted octanol–water partition coefficient (Wildman–Crippen LogP) is 4.74. The van der Waals surface area contributed by atoms with Gasteiger partial charge in [-0.1, -0.05) is 41.4 Å². The molecule has 1 nitrogen and oxygen atoms in total. The van der Waals surface area contributed by atoms with Gasteiger partial charge in [0.05, 0.1) is 5.69 Å². The molecule has 0 saturated heterocycles. The van der Waals surface area contributed by atoms with Crippen LogP contribution in [0.1, 0.15) is 5.56 Å². The summed E-state index contributed by atoms with van der Waals surface area (Å²) in [7, 11) is 0. The second-order valence-corrected chi connectivity index (χ2v) is 4.16. The third kappa shape index (κ3) is 3.09. The summed E-state index contributed by atoms with van der Waals surface area (Å²) in [5.74, 6) is 0. The van der Waals surface area contributed by atoms with Crippen LogP contribution in [0.3, 0.4) is 0 Å². The molecular weight excluding hydrogens is 241 g/mol. The van der Waals surface area contributed by atoms with Gasteiger partial charge in [0.1, 0.15) is 0 Å². The molecule has 0 fully saturated rings. The topological polar surface area (TPSA) is 12.4 Å². The van der Waals surface area contributed by atoms with Gasteiger partial charge in [-0.05, 0) is 35.9 Å². The molecule has 0 aliphatic heterocycles. The third-order valence-electron chi connectivity index (χ3n) is 2.04. The Morgan fingerprint density at radius 3 is 2.31 bits per heavy atom. The normalized spacial score (nSPS) is 10.9. The summed E-state index contributed by atoms with van der Waals surface area (Å²) in [6.07, 6.45) is 1.78.